The van der Waals surface area contributed by atoms with Crippen LogP contribution in [0, 0.1) is 17.2 Å². The minimum absolute atomic E-state index is 0.0398. The third-order valence-electron chi connectivity index (χ3n) is 6.06. The highest BCUT2D eigenvalue weighted by Gasteiger charge is 2.27. The summed E-state index contributed by atoms with van der Waals surface area (Å²) in [6.07, 6.45) is 6.13. The summed E-state index contributed by atoms with van der Waals surface area (Å²) in [5, 5.41) is 8.77. The van der Waals surface area contributed by atoms with Crippen LogP contribution in [0.15, 0.2) is 18.2 Å². The standard InChI is InChI=1S/C22H29N3O2/c1-17-21-5-4-18(3-2-11-24-12-7-19(16-26)8-13-24)15-20(21)9-14-25(17)22(27)6-10-23/h4-5,15-17,19H,2-3,6-9,11-14H2,1H3. The molecule has 5 heteroatoms. The number of amides is 1. The minimum atomic E-state index is -0.0712. The van der Waals surface area contributed by atoms with Gasteiger partial charge in [-0.05, 0) is 75.4 Å². The molecule has 144 valence electrons. The van der Waals surface area contributed by atoms with Crippen LogP contribution >= 0.6 is 0 Å². The molecule has 0 spiro atoms. The van der Waals surface area contributed by atoms with Crippen molar-refractivity contribution >= 4 is 12.2 Å². The van der Waals surface area contributed by atoms with Crippen molar-refractivity contribution in [2.75, 3.05) is 26.2 Å². The van der Waals surface area contributed by atoms with E-state index >= 15 is 0 Å². The van der Waals surface area contributed by atoms with Crippen molar-refractivity contribution in [2.45, 2.75) is 51.5 Å². The lowest BCUT2D eigenvalue weighted by Gasteiger charge is -2.35. The molecule has 3 rings (SSSR count). The number of aryl methyl sites for hydroxylation is 1. The average Bonchev–Trinajstić information content (AvgIpc) is 2.69. The molecule has 1 saturated heterocycles. The van der Waals surface area contributed by atoms with Crippen molar-refractivity contribution in [3.05, 3.63) is 34.9 Å². The fourth-order valence-electron chi connectivity index (χ4n) is 4.37. The fraction of sp³-hybridized carbons (Fsp3) is 0.591. The van der Waals surface area contributed by atoms with Gasteiger partial charge in [-0.2, -0.15) is 5.26 Å². The third-order valence-corrected chi connectivity index (χ3v) is 6.06. The first-order chi connectivity index (χ1) is 13.1. The zero-order chi connectivity index (χ0) is 19.2. The highest BCUT2D eigenvalue weighted by molar-refractivity contribution is 5.79. The summed E-state index contributed by atoms with van der Waals surface area (Å²) < 4.78 is 0. The van der Waals surface area contributed by atoms with Crippen molar-refractivity contribution in [3.8, 4) is 6.07 Å². The monoisotopic (exact) mass is 367 g/mol. The maximum absolute atomic E-state index is 12.1. The van der Waals surface area contributed by atoms with E-state index in [1.807, 2.05) is 11.0 Å². The second-order valence-electron chi connectivity index (χ2n) is 7.80. The van der Waals surface area contributed by atoms with E-state index in [9.17, 15) is 9.59 Å². The van der Waals surface area contributed by atoms with Gasteiger partial charge in [0.25, 0.3) is 0 Å². The lowest BCUT2D eigenvalue weighted by Crippen LogP contribution is -2.38. The van der Waals surface area contributed by atoms with E-state index in [0.29, 0.717) is 6.54 Å². The molecule has 0 aliphatic carbocycles. The van der Waals surface area contributed by atoms with Gasteiger partial charge in [0.2, 0.25) is 5.91 Å². The number of aldehydes is 1. The average molecular weight is 367 g/mol. The second-order valence-corrected chi connectivity index (χ2v) is 7.80. The number of rotatable bonds is 6. The third kappa shape index (κ3) is 4.75. The number of fused-ring (bicyclic) bond motifs is 1. The van der Waals surface area contributed by atoms with Gasteiger partial charge in [-0.15, -0.1) is 0 Å². The molecule has 1 fully saturated rings. The molecule has 1 amide bonds. The predicted molar refractivity (Wildman–Crippen MR) is 104 cm³/mol. The van der Waals surface area contributed by atoms with E-state index in [4.69, 9.17) is 5.26 Å². The summed E-state index contributed by atoms with van der Waals surface area (Å²) >= 11 is 0. The largest absolute Gasteiger partial charge is 0.335 e. The smallest absolute Gasteiger partial charge is 0.237 e. The van der Waals surface area contributed by atoms with Crippen molar-refractivity contribution in [3.63, 3.8) is 0 Å². The number of hydrogen-bond donors (Lipinski definition) is 0. The van der Waals surface area contributed by atoms with E-state index in [0.717, 1.165) is 58.0 Å². The van der Waals surface area contributed by atoms with Crippen LogP contribution in [0.4, 0.5) is 0 Å². The van der Waals surface area contributed by atoms with E-state index in [-0.39, 0.29) is 24.3 Å². The Morgan fingerprint density at radius 1 is 1.30 bits per heavy atom. The molecular weight excluding hydrogens is 338 g/mol. The van der Waals surface area contributed by atoms with Crippen LogP contribution in [-0.4, -0.2) is 48.2 Å². The van der Waals surface area contributed by atoms with E-state index in [1.54, 1.807) is 0 Å². The molecule has 0 aromatic heterocycles. The number of hydrogen-bond acceptors (Lipinski definition) is 4. The van der Waals surface area contributed by atoms with Gasteiger partial charge in [0, 0.05) is 12.5 Å². The van der Waals surface area contributed by atoms with Crippen LogP contribution in [0.2, 0.25) is 0 Å². The molecule has 2 aliphatic rings. The Labute approximate surface area is 161 Å². The highest BCUT2D eigenvalue weighted by atomic mass is 16.2. The van der Waals surface area contributed by atoms with E-state index in [1.165, 1.54) is 16.7 Å². The number of benzene rings is 1. The maximum Gasteiger partial charge on any atom is 0.237 e. The summed E-state index contributed by atoms with van der Waals surface area (Å²) in [7, 11) is 0. The lowest BCUT2D eigenvalue weighted by atomic mass is 9.90. The first-order valence-electron chi connectivity index (χ1n) is 10.1. The summed E-state index contributed by atoms with van der Waals surface area (Å²) in [6, 6.07) is 8.66. The number of likely N-dealkylation sites (tertiary alicyclic amines) is 1. The highest BCUT2D eigenvalue weighted by Crippen LogP contribution is 2.30. The van der Waals surface area contributed by atoms with Crippen molar-refractivity contribution in [2.24, 2.45) is 5.92 Å². The summed E-state index contributed by atoms with van der Waals surface area (Å²) in [4.78, 5) is 27.2. The van der Waals surface area contributed by atoms with E-state index in [2.05, 4.69) is 30.0 Å². The Kier molecular flexibility index (Phi) is 6.63. The number of nitriles is 1. The molecule has 1 atom stereocenters. The Balaban J connectivity index is 1.52. The van der Waals surface area contributed by atoms with Gasteiger partial charge >= 0.3 is 0 Å². The number of carbonyl (C=O) groups is 2. The van der Waals surface area contributed by atoms with E-state index < -0.39 is 0 Å². The molecule has 2 aliphatic heterocycles. The van der Waals surface area contributed by atoms with Crippen molar-refractivity contribution in [1.82, 2.24) is 9.80 Å². The van der Waals surface area contributed by atoms with Crippen molar-refractivity contribution in [1.29, 1.82) is 5.26 Å². The molecule has 0 radical (unpaired) electrons. The Morgan fingerprint density at radius 2 is 2.07 bits per heavy atom. The number of piperidine rings is 1. The summed E-state index contributed by atoms with van der Waals surface area (Å²) in [5.74, 6) is 0.196. The Hall–Kier alpha value is -2.19. The Morgan fingerprint density at radius 3 is 2.78 bits per heavy atom. The molecule has 1 aromatic rings. The molecule has 5 nitrogen and oxygen atoms in total. The quantitative estimate of drug-likeness (QED) is 0.725. The number of carbonyl (C=O) groups excluding carboxylic acids is 2. The van der Waals surface area contributed by atoms with Crippen LogP contribution in [0.25, 0.3) is 0 Å². The van der Waals surface area contributed by atoms with Crippen molar-refractivity contribution < 1.29 is 9.59 Å². The topological polar surface area (TPSA) is 64.4 Å². The van der Waals surface area contributed by atoms with Gasteiger partial charge in [0.1, 0.15) is 12.7 Å². The summed E-state index contributed by atoms with van der Waals surface area (Å²) in [6.45, 7) is 5.92. The first kappa shape index (κ1) is 19.6. The minimum Gasteiger partial charge on any atom is -0.335 e. The van der Waals surface area contributed by atoms with Crippen LogP contribution < -0.4 is 0 Å². The van der Waals surface area contributed by atoms with Crippen LogP contribution in [0.1, 0.15) is 55.3 Å². The molecule has 0 N–H and O–H groups in total. The first-order valence-corrected chi connectivity index (χ1v) is 10.1. The van der Waals surface area contributed by atoms with Gasteiger partial charge < -0.3 is 14.6 Å². The van der Waals surface area contributed by atoms with Gasteiger partial charge in [-0.1, -0.05) is 18.2 Å². The fourth-order valence-corrected chi connectivity index (χ4v) is 4.37. The molecule has 0 bridgehead atoms. The van der Waals surface area contributed by atoms with Crippen LogP contribution in [-0.2, 0) is 22.4 Å². The molecule has 1 unspecified atom stereocenters. The van der Waals surface area contributed by atoms with Gasteiger partial charge in [0.15, 0.2) is 0 Å². The summed E-state index contributed by atoms with van der Waals surface area (Å²) in [5.41, 5.74) is 3.92. The second kappa shape index (κ2) is 9.14. The Bertz CT molecular complexity index is 717. The molecule has 0 saturated carbocycles. The zero-order valence-electron chi connectivity index (χ0n) is 16.2. The maximum atomic E-state index is 12.1. The normalized spacial score (nSPS) is 20.7. The van der Waals surface area contributed by atoms with Gasteiger partial charge in [0.05, 0.1) is 12.1 Å². The van der Waals surface area contributed by atoms with Crippen LogP contribution in [0.5, 0.6) is 0 Å². The SMILES string of the molecule is CC1c2ccc(CCCN3CCC(C=O)CC3)cc2CCN1C(=O)CC#N. The zero-order valence-corrected chi connectivity index (χ0v) is 16.2. The molecular formula is C22H29N3O2. The molecule has 2 heterocycles. The lowest BCUT2D eigenvalue weighted by molar-refractivity contribution is -0.132. The molecule has 1 aromatic carbocycles. The van der Waals surface area contributed by atoms with Gasteiger partial charge in [-0.3, -0.25) is 4.79 Å². The number of nitrogens with zero attached hydrogens (tertiary/aromatic N) is 3. The van der Waals surface area contributed by atoms with Crippen LogP contribution in [0.3, 0.4) is 0 Å². The van der Waals surface area contributed by atoms with Gasteiger partial charge in [-0.25, -0.2) is 0 Å². The molecule has 27 heavy (non-hydrogen) atoms. The predicted octanol–water partition coefficient (Wildman–Crippen LogP) is 2.89.